The second-order valence-electron chi connectivity index (χ2n) is 5.77. The fourth-order valence-corrected chi connectivity index (χ4v) is 3.83. The number of rotatable bonds is 4. The summed E-state index contributed by atoms with van der Waals surface area (Å²) in [4.78, 5) is 21.0. The first-order valence-electron chi connectivity index (χ1n) is 8.04. The maximum atomic E-state index is 12.1. The van der Waals surface area contributed by atoms with Crippen molar-refractivity contribution in [2.45, 2.75) is 25.7 Å². The predicted molar refractivity (Wildman–Crippen MR) is 94.6 cm³/mol. The molecular formula is C18H17N3O2S. The Kier molecular flexibility index (Phi) is 4.13. The third-order valence-corrected chi connectivity index (χ3v) is 5.04. The second-order valence-corrected chi connectivity index (χ2v) is 6.80. The molecule has 4 rings (SSSR count). The normalized spacial score (nSPS) is 13.5. The van der Waals surface area contributed by atoms with E-state index in [1.54, 1.807) is 6.20 Å². The van der Waals surface area contributed by atoms with Crippen molar-refractivity contribution in [1.29, 1.82) is 0 Å². The number of hydrogen-bond acceptors (Lipinski definition) is 5. The molecule has 1 amide bonds. The number of amides is 1. The molecule has 0 bridgehead atoms. The average molecular weight is 339 g/mol. The molecule has 1 aliphatic rings. The number of ether oxygens (including phenoxy) is 1. The molecule has 2 heterocycles. The van der Waals surface area contributed by atoms with Crippen LogP contribution in [-0.2, 0) is 17.6 Å². The van der Waals surface area contributed by atoms with Crippen molar-refractivity contribution in [3.05, 3.63) is 47.8 Å². The van der Waals surface area contributed by atoms with Crippen molar-refractivity contribution in [1.82, 2.24) is 9.97 Å². The summed E-state index contributed by atoms with van der Waals surface area (Å²) >= 11 is 1.46. The van der Waals surface area contributed by atoms with E-state index in [4.69, 9.17) is 4.74 Å². The highest BCUT2D eigenvalue weighted by Gasteiger charge is 2.16. The van der Waals surface area contributed by atoms with Gasteiger partial charge in [0, 0.05) is 17.5 Å². The molecule has 1 aliphatic carbocycles. The summed E-state index contributed by atoms with van der Waals surface area (Å²) in [7, 11) is 0. The Morgan fingerprint density at radius 3 is 3.00 bits per heavy atom. The maximum absolute atomic E-state index is 12.1. The molecule has 0 radical (unpaired) electrons. The van der Waals surface area contributed by atoms with Crippen LogP contribution in [0.3, 0.4) is 0 Å². The summed E-state index contributed by atoms with van der Waals surface area (Å²) in [6.45, 7) is -0.0214. The number of carbonyl (C=O) groups is 1. The summed E-state index contributed by atoms with van der Waals surface area (Å²) in [5.41, 5.74) is 3.14. The number of para-hydroxylation sites is 1. The Morgan fingerprint density at radius 2 is 2.08 bits per heavy atom. The van der Waals surface area contributed by atoms with E-state index in [1.807, 2.05) is 30.3 Å². The molecule has 1 N–H and O–H groups in total. The van der Waals surface area contributed by atoms with E-state index in [0.717, 1.165) is 46.5 Å². The van der Waals surface area contributed by atoms with E-state index < -0.39 is 0 Å². The van der Waals surface area contributed by atoms with E-state index in [2.05, 4.69) is 15.3 Å². The van der Waals surface area contributed by atoms with Crippen LogP contribution in [0, 0.1) is 0 Å². The van der Waals surface area contributed by atoms with E-state index in [-0.39, 0.29) is 12.5 Å². The van der Waals surface area contributed by atoms with Gasteiger partial charge in [0.1, 0.15) is 5.75 Å². The number of anilines is 1. The summed E-state index contributed by atoms with van der Waals surface area (Å²) in [5.74, 6) is 0.578. The minimum Gasteiger partial charge on any atom is -0.483 e. The van der Waals surface area contributed by atoms with Crippen LogP contribution in [0.4, 0.5) is 5.13 Å². The van der Waals surface area contributed by atoms with Gasteiger partial charge in [0.05, 0.1) is 10.2 Å². The highest BCUT2D eigenvalue weighted by molar-refractivity contribution is 7.22. The first-order chi connectivity index (χ1) is 11.8. The van der Waals surface area contributed by atoms with Crippen LogP contribution in [0.1, 0.15) is 24.1 Å². The third-order valence-electron chi connectivity index (χ3n) is 4.09. The molecule has 24 heavy (non-hydrogen) atoms. The zero-order valence-electron chi connectivity index (χ0n) is 13.1. The predicted octanol–water partition coefficient (Wildman–Crippen LogP) is 3.59. The fourth-order valence-electron chi connectivity index (χ4n) is 2.95. The first-order valence-corrected chi connectivity index (χ1v) is 8.86. The topological polar surface area (TPSA) is 64.1 Å². The fraction of sp³-hybridized carbons (Fsp3) is 0.278. The van der Waals surface area contributed by atoms with E-state index in [1.165, 1.54) is 17.8 Å². The van der Waals surface area contributed by atoms with Crippen molar-refractivity contribution < 1.29 is 9.53 Å². The monoisotopic (exact) mass is 339 g/mol. The molecular weight excluding hydrogens is 322 g/mol. The van der Waals surface area contributed by atoms with Crippen LogP contribution in [-0.4, -0.2) is 22.5 Å². The van der Waals surface area contributed by atoms with Crippen LogP contribution in [0.15, 0.2) is 36.5 Å². The number of nitrogens with one attached hydrogen (secondary N) is 1. The molecule has 0 saturated carbocycles. The molecule has 0 fully saturated rings. The molecule has 5 nitrogen and oxygen atoms in total. The molecule has 0 spiro atoms. The van der Waals surface area contributed by atoms with Gasteiger partial charge in [0.15, 0.2) is 11.7 Å². The molecule has 6 heteroatoms. The van der Waals surface area contributed by atoms with E-state index >= 15 is 0 Å². The van der Waals surface area contributed by atoms with Gasteiger partial charge in [0.2, 0.25) is 0 Å². The van der Waals surface area contributed by atoms with Gasteiger partial charge in [-0.15, -0.1) is 0 Å². The second kappa shape index (κ2) is 6.57. The Morgan fingerprint density at radius 1 is 1.21 bits per heavy atom. The van der Waals surface area contributed by atoms with Crippen LogP contribution >= 0.6 is 11.3 Å². The first kappa shape index (κ1) is 15.1. The largest absolute Gasteiger partial charge is 0.483 e. The smallest absolute Gasteiger partial charge is 0.264 e. The van der Waals surface area contributed by atoms with E-state index in [0.29, 0.717) is 5.13 Å². The van der Waals surface area contributed by atoms with Gasteiger partial charge in [-0.25, -0.2) is 4.98 Å². The standard InChI is InChI=1S/C18H17N3O2S/c22-17(21-18-20-14-7-3-4-8-16(14)24-18)11-23-15-9-10-19-13-6-2-1-5-12(13)15/h3-4,7-10H,1-2,5-6,11H2,(H,20,21,22). The van der Waals surface area contributed by atoms with Gasteiger partial charge in [-0.1, -0.05) is 23.5 Å². The molecule has 0 unspecified atom stereocenters. The number of pyridine rings is 1. The summed E-state index contributed by atoms with van der Waals surface area (Å²) in [6, 6.07) is 9.66. The lowest BCUT2D eigenvalue weighted by Gasteiger charge is -2.18. The Balaban J connectivity index is 1.42. The highest BCUT2D eigenvalue weighted by Crippen LogP contribution is 2.28. The highest BCUT2D eigenvalue weighted by atomic mass is 32.1. The maximum Gasteiger partial charge on any atom is 0.264 e. The lowest BCUT2D eigenvalue weighted by atomic mass is 9.95. The number of benzene rings is 1. The molecule has 0 saturated heterocycles. The molecule has 2 aromatic heterocycles. The molecule has 0 atom stereocenters. The van der Waals surface area contributed by atoms with Crippen molar-refractivity contribution in [3.8, 4) is 5.75 Å². The summed E-state index contributed by atoms with van der Waals surface area (Å²) < 4.78 is 6.79. The van der Waals surface area contributed by atoms with Crippen molar-refractivity contribution >= 4 is 32.6 Å². The van der Waals surface area contributed by atoms with Crippen LogP contribution in [0.5, 0.6) is 5.75 Å². The van der Waals surface area contributed by atoms with Gasteiger partial charge in [-0.3, -0.25) is 15.1 Å². The van der Waals surface area contributed by atoms with Gasteiger partial charge in [-0.2, -0.15) is 0 Å². The number of aromatic nitrogens is 2. The van der Waals surface area contributed by atoms with Crippen molar-refractivity contribution in [2.75, 3.05) is 11.9 Å². The lowest BCUT2D eigenvalue weighted by Crippen LogP contribution is -2.21. The SMILES string of the molecule is O=C(COc1ccnc2c1CCCC2)Nc1nc2ccccc2s1. The molecule has 122 valence electrons. The van der Waals surface area contributed by atoms with Crippen LogP contribution < -0.4 is 10.1 Å². The van der Waals surface area contributed by atoms with Crippen molar-refractivity contribution in [2.24, 2.45) is 0 Å². The Bertz CT molecular complexity index is 858. The van der Waals surface area contributed by atoms with Gasteiger partial charge >= 0.3 is 0 Å². The number of fused-ring (bicyclic) bond motifs is 2. The average Bonchev–Trinajstić information content (AvgIpc) is 3.02. The number of thiazole rings is 1. The van der Waals surface area contributed by atoms with Crippen LogP contribution in [0.2, 0.25) is 0 Å². The summed E-state index contributed by atoms with van der Waals surface area (Å²) in [5, 5.41) is 3.41. The van der Waals surface area contributed by atoms with Crippen LogP contribution in [0.25, 0.3) is 10.2 Å². The van der Waals surface area contributed by atoms with Gasteiger partial charge < -0.3 is 4.74 Å². The minimum absolute atomic E-state index is 0.0214. The van der Waals surface area contributed by atoms with Gasteiger partial charge in [-0.05, 0) is 43.9 Å². The van der Waals surface area contributed by atoms with Crippen molar-refractivity contribution in [3.63, 3.8) is 0 Å². The molecule has 1 aromatic carbocycles. The molecule has 3 aromatic rings. The zero-order valence-corrected chi connectivity index (χ0v) is 13.9. The zero-order chi connectivity index (χ0) is 16.4. The summed E-state index contributed by atoms with van der Waals surface area (Å²) in [6.07, 6.45) is 6.03. The third kappa shape index (κ3) is 3.10. The molecule has 0 aliphatic heterocycles. The van der Waals surface area contributed by atoms with Gasteiger partial charge in [0.25, 0.3) is 5.91 Å². The van der Waals surface area contributed by atoms with E-state index in [9.17, 15) is 4.79 Å². The lowest BCUT2D eigenvalue weighted by molar-refractivity contribution is -0.118. The number of carbonyl (C=O) groups excluding carboxylic acids is 1. The minimum atomic E-state index is -0.199. The Labute approximate surface area is 143 Å². The quantitative estimate of drug-likeness (QED) is 0.789. The number of nitrogens with zero attached hydrogens (tertiary/aromatic N) is 2. The number of hydrogen-bond donors (Lipinski definition) is 1. The Hall–Kier alpha value is -2.47. The number of aryl methyl sites for hydroxylation is 1.